The maximum Gasteiger partial charge on any atom is 0.202 e. The van der Waals surface area contributed by atoms with E-state index in [1.807, 2.05) is 6.07 Å². The Morgan fingerprint density at radius 3 is 3.16 bits per heavy atom. The number of likely N-dealkylation sites (tertiary alicyclic amines) is 1. The van der Waals surface area contributed by atoms with E-state index in [0.717, 1.165) is 30.7 Å². The SMILES string of the molecule is CCN1CCCC(n2c(N)nc3cc(Cl)cnc32)C1. The van der Waals surface area contributed by atoms with Crippen LogP contribution in [0.3, 0.4) is 0 Å². The van der Waals surface area contributed by atoms with Crippen LogP contribution in [0.25, 0.3) is 11.2 Å². The van der Waals surface area contributed by atoms with Gasteiger partial charge >= 0.3 is 0 Å². The van der Waals surface area contributed by atoms with Gasteiger partial charge in [-0.2, -0.15) is 0 Å². The highest BCUT2D eigenvalue weighted by molar-refractivity contribution is 6.31. The summed E-state index contributed by atoms with van der Waals surface area (Å²) in [5, 5.41) is 0.593. The predicted molar refractivity (Wildman–Crippen MR) is 77.3 cm³/mol. The van der Waals surface area contributed by atoms with Crippen LogP contribution >= 0.6 is 11.6 Å². The van der Waals surface area contributed by atoms with Gasteiger partial charge in [0.25, 0.3) is 0 Å². The molecule has 3 heterocycles. The summed E-state index contributed by atoms with van der Waals surface area (Å²) in [5.74, 6) is 0.535. The Morgan fingerprint density at radius 1 is 1.53 bits per heavy atom. The summed E-state index contributed by atoms with van der Waals surface area (Å²) in [7, 11) is 0. The molecule has 3 rings (SSSR count). The van der Waals surface area contributed by atoms with Crippen LogP contribution < -0.4 is 5.73 Å². The van der Waals surface area contributed by atoms with E-state index in [1.54, 1.807) is 6.20 Å². The van der Waals surface area contributed by atoms with E-state index in [1.165, 1.54) is 13.0 Å². The number of nitrogens with two attached hydrogens (primary N) is 1. The van der Waals surface area contributed by atoms with Crippen molar-refractivity contribution in [2.75, 3.05) is 25.4 Å². The predicted octanol–water partition coefficient (Wildman–Crippen LogP) is 2.32. The molecule has 0 bridgehead atoms. The lowest BCUT2D eigenvalue weighted by molar-refractivity contribution is 0.188. The number of piperidine rings is 1. The zero-order valence-corrected chi connectivity index (χ0v) is 11.8. The summed E-state index contributed by atoms with van der Waals surface area (Å²) >= 11 is 5.95. The molecule has 102 valence electrons. The lowest BCUT2D eigenvalue weighted by atomic mass is 10.1. The second kappa shape index (κ2) is 4.98. The van der Waals surface area contributed by atoms with Crippen LogP contribution in [-0.2, 0) is 0 Å². The van der Waals surface area contributed by atoms with Crippen molar-refractivity contribution in [3.05, 3.63) is 17.3 Å². The van der Waals surface area contributed by atoms with E-state index in [2.05, 4.69) is 26.4 Å². The summed E-state index contributed by atoms with van der Waals surface area (Å²) in [6, 6.07) is 2.17. The maximum atomic E-state index is 6.07. The van der Waals surface area contributed by atoms with E-state index in [9.17, 15) is 0 Å². The minimum absolute atomic E-state index is 0.354. The van der Waals surface area contributed by atoms with E-state index in [-0.39, 0.29) is 0 Å². The minimum atomic E-state index is 0.354. The number of halogens is 1. The summed E-state index contributed by atoms with van der Waals surface area (Å²) in [5.41, 5.74) is 7.69. The standard InChI is InChI=1S/C13H18ClN5/c1-2-18-5-3-4-10(8-18)19-12-11(17-13(19)15)6-9(14)7-16-12/h6-7,10H,2-5,8H2,1H3,(H2,15,17). The first-order valence-electron chi connectivity index (χ1n) is 6.70. The number of hydrogen-bond acceptors (Lipinski definition) is 4. The first kappa shape index (κ1) is 12.7. The molecular weight excluding hydrogens is 262 g/mol. The third-order valence-corrected chi connectivity index (χ3v) is 4.02. The number of imidazole rings is 1. The van der Waals surface area contributed by atoms with Crippen LogP contribution in [0.5, 0.6) is 0 Å². The molecular formula is C13H18ClN5. The van der Waals surface area contributed by atoms with Crippen molar-refractivity contribution in [1.82, 2.24) is 19.4 Å². The maximum absolute atomic E-state index is 6.07. The van der Waals surface area contributed by atoms with E-state index in [4.69, 9.17) is 17.3 Å². The van der Waals surface area contributed by atoms with Gasteiger partial charge in [-0.1, -0.05) is 18.5 Å². The number of likely N-dealkylation sites (N-methyl/N-ethyl adjacent to an activating group) is 1. The number of hydrogen-bond donors (Lipinski definition) is 1. The van der Waals surface area contributed by atoms with Crippen LogP contribution in [0, 0.1) is 0 Å². The second-order valence-corrected chi connectivity index (χ2v) is 5.46. The molecule has 1 aliphatic rings. The number of nitrogen functional groups attached to an aromatic ring is 1. The molecule has 0 aromatic carbocycles. The van der Waals surface area contributed by atoms with Crippen molar-refractivity contribution in [2.24, 2.45) is 0 Å². The Morgan fingerprint density at radius 2 is 2.37 bits per heavy atom. The summed E-state index contributed by atoms with van der Waals surface area (Å²) in [4.78, 5) is 11.2. The molecule has 1 unspecified atom stereocenters. The van der Waals surface area contributed by atoms with Crippen LogP contribution in [0.15, 0.2) is 12.3 Å². The number of nitrogens with zero attached hydrogens (tertiary/aromatic N) is 4. The topological polar surface area (TPSA) is 60.0 Å². The Bertz CT molecular complexity index is 594. The molecule has 2 aromatic rings. The van der Waals surface area contributed by atoms with Gasteiger partial charge in [0, 0.05) is 12.7 Å². The molecule has 6 heteroatoms. The highest BCUT2D eigenvalue weighted by Gasteiger charge is 2.24. The molecule has 1 fully saturated rings. The molecule has 1 atom stereocenters. The van der Waals surface area contributed by atoms with Crippen molar-refractivity contribution in [3.63, 3.8) is 0 Å². The van der Waals surface area contributed by atoms with Crippen molar-refractivity contribution < 1.29 is 0 Å². The zero-order valence-electron chi connectivity index (χ0n) is 11.0. The Kier molecular flexibility index (Phi) is 3.33. The Hall–Kier alpha value is -1.33. The van der Waals surface area contributed by atoms with Gasteiger partial charge in [-0.3, -0.25) is 4.57 Å². The van der Waals surface area contributed by atoms with Crippen LogP contribution in [0.2, 0.25) is 5.02 Å². The first-order chi connectivity index (χ1) is 9.19. The third-order valence-electron chi connectivity index (χ3n) is 3.82. The van der Waals surface area contributed by atoms with Gasteiger partial charge in [-0.05, 0) is 32.0 Å². The zero-order chi connectivity index (χ0) is 13.4. The van der Waals surface area contributed by atoms with Crippen LogP contribution in [0.1, 0.15) is 25.8 Å². The monoisotopic (exact) mass is 279 g/mol. The van der Waals surface area contributed by atoms with Crippen molar-refractivity contribution in [1.29, 1.82) is 0 Å². The van der Waals surface area contributed by atoms with E-state index in [0.29, 0.717) is 17.0 Å². The van der Waals surface area contributed by atoms with Gasteiger partial charge in [-0.15, -0.1) is 0 Å². The normalized spacial score (nSPS) is 21.1. The lowest BCUT2D eigenvalue weighted by Crippen LogP contribution is -2.36. The number of anilines is 1. The van der Waals surface area contributed by atoms with Crippen LogP contribution in [-0.4, -0.2) is 39.1 Å². The molecule has 2 aromatic heterocycles. The molecule has 0 saturated carbocycles. The average molecular weight is 280 g/mol. The van der Waals surface area contributed by atoms with Crippen molar-refractivity contribution >= 4 is 28.7 Å². The minimum Gasteiger partial charge on any atom is -0.369 e. The summed E-state index contributed by atoms with van der Waals surface area (Å²) < 4.78 is 2.06. The Balaban J connectivity index is 2.02. The summed E-state index contributed by atoms with van der Waals surface area (Å²) in [6.07, 6.45) is 3.96. The van der Waals surface area contributed by atoms with E-state index < -0.39 is 0 Å². The van der Waals surface area contributed by atoms with Gasteiger partial charge < -0.3 is 10.6 Å². The average Bonchev–Trinajstić information content (AvgIpc) is 2.73. The van der Waals surface area contributed by atoms with Crippen molar-refractivity contribution in [2.45, 2.75) is 25.8 Å². The number of aromatic nitrogens is 3. The number of fused-ring (bicyclic) bond motifs is 1. The summed E-state index contributed by atoms with van der Waals surface area (Å²) in [6.45, 7) is 5.44. The van der Waals surface area contributed by atoms with Gasteiger partial charge in [0.05, 0.1) is 11.1 Å². The molecule has 0 aliphatic carbocycles. The molecule has 5 nitrogen and oxygen atoms in total. The smallest absolute Gasteiger partial charge is 0.202 e. The molecule has 1 aliphatic heterocycles. The quantitative estimate of drug-likeness (QED) is 0.916. The second-order valence-electron chi connectivity index (χ2n) is 5.03. The third kappa shape index (κ3) is 2.28. The van der Waals surface area contributed by atoms with Gasteiger partial charge in [0.2, 0.25) is 5.95 Å². The fraction of sp³-hybridized carbons (Fsp3) is 0.538. The lowest BCUT2D eigenvalue weighted by Gasteiger charge is -2.32. The van der Waals surface area contributed by atoms with Gasteiger partial charge in [-0.25, -0.2) is 9.97 Å². The molecule has 0 spiro atoms. The highest BCUT2D eigenvalue weighted by Crippen LogP contribution is 2.28. The molecule has 0 radical (unpaired) electrons. The largest absolute Gasteiger partial charge is 0.369 e. The van der Waals surface area contributed by atoms with Crippen molar-refractivity contribution in [3.8, 4) is 0 Å². The van der Waals surface area contributed by atoms with Gasteiger partial charge in [0.15, 0.2) is 5.65 Å². The molecule has 0 amide bonds. The fourth-order valence-corrected chi connectivity index (χ4v) is 3.02. The van der Waals surface area contributed by atoms with Crippen LogP contribution in [0.4, 0.5) is 5.95 Å². The van der Waals surface area contributed by atoms with E-state index >= 15 is 0 Å². The first-order valence-corrected chi connectivity index (χ1v) is 7.08. The molecule has 2 N–H and O–H groups in total. The number of rotatable bonds is 2. The Labute approximate surface area is 117 Å². The van der Waals surface area contributed by atoms with Gasteiger partial charge in [0.1, 0.15) is 5.52 Å². The molecule has 19 heavy (non-hydrogen) atoms. The molecule has 1 saturated heterocycles. The number of pyridine rings is 1. The fourth-order valence-electron chi connectivity index (χ4n) is 2.86. The highest BCUT2D eigenvalue weighted by atomic mass is 35.5.